The highest BCUT2D eigenvalue weighted by Crippen LogP contribution is 2.32. The Morgan fingerprint density at radius 2 is 1.21 bits per heavy atom. The second-order valence-electron chi connectivity index (χ2n) is 9.59. The first-order valence-corrected chi connectivity index (χ1v) is 12.7. The molecule has 7 heteroatoms. The number of hydrogen-bond acceptors (Lipinski definition) is 5. The van der Waals surface area contributed by atoms with Gasteiger partial charge in [-0.25, -0.2) is 0 Å². The summed E-state index contributed by atoms with van der Waals surface area (Å²) >= 11 is 5.66. The average Bonchev–Trinajstić information content (AvgIpc) is 3.49. The molecule has 2 aliphatic heterocycles. The maximum atomic E-state index is 5.66. The molecule has 1 saturated carbocycles. The van der Waals surface area contributed by atoms with Gasteiger partial charge in [-0.2, -0.15) is 9.97 Å². The Morgan fingerprint density at radius 3 is 1.68 bits per heavy atom. The third-order valence-corrected chi connectivity index (χ3v) is 7.41. The molecular formula is C27H30N6S. The van der Waals surface area contributed by atoms with Gasteiger partial charge in [-0.05, 0) is 47.3 Å². The number of nitrogens with zero attached hydrogens (tertiary/aromatic N) is 4. The van der Waals surface area contributed by atoms with Crippen molar-refractivity contribution in [1.29, 1.82) is 0 Å². The first-order valence-electron chi connectivity index (χ1n) is 12.3. The second-order valence-corrected chi connectivity index (χ2v) is 10.00. The molecule has 0 amide bonds. The number of benzene rings is 2. The molecule has 0 bridgehead atoms. The Kier molecular flexibility index (Phi) is 5.79. The number of thiocarbonyl (C=S) groups is 1. The lowest BCUT2D eigenvalue weighted by Crippen LogP contribution is -2.39. The van der Waals surface area contributed by atoms with E-state index in [-0.39, 0.29) is 0 Å². The Morgan fingerprint density at radius 1 is 0.735 bits per heavy atom. The van der Waals surface area contributed by atoms with E-state index in [1.54, 1.807) is 0 Å². The summed E-state index contributed by atoms with van der Waals surface area (Å²) in [6, 6.07) is 19.8. The van der Waals surface area contributed by atoms with Crippen LogP contribution in [0.1, 0.15) is 54.4 Å². The molecule has 3 heterocycles. The molecule has 3 aliphatic rings. The van der Waals surface area contributed by atoms with Crippen LogP contribution in [0.2, 0.25) is 0 Å². The lowest BCUT2D eigenvalue weighted by Gasteiger charge is -2.25. The number of aromatic nitrogens is 2. The Hall–Kier alpha value is -3.19. The normalized spacial score (nSPS) is 17.4. The SMILES string of the molecule is S=C(Nc1nc(N2Cc3ccccc3C2)cc(N2Cc3ccccc3C2)n1)NC1CCCCC1. The maximum Gasteiger partial charge on any atom is 0.232 e. The van der Waals surface area contributed by atoms with Crippen molar-refractivity contribution in [2.75, 3.05) is 15.1 Å². The van der Waals surface area contributed by atoms with E-state index in [1.165, 1.54) is 54.4 Å². The van der Waals surface area contributed by atoms with Crippen molar-refractivity contribution in [3.8, 4) is 0 Å². The van der Waals surface area contributed by atoms with Gasteiger partial charge >= 0.3 is 0 Å². The Labute approximate surface area is 206 Å². The molecule has 3 aromatic rings. The molecule has 6 nitrogen and oxygen atoms in total. The fourth-order valence-electron chi connectivity index (χ4n) is 5.36. The average molecular weight is 471 g/mol. The number of hydrogen-bond donors (Lipinski definition) is 2. The first kappa shape index (κ1) is 21.4. The minimum Gasteiger partial charge on any atom is -0.360 e. The molecule has 1 fully saturated rings. The molecule has 0 unspecified atom stereocenters. The third kappa shape index (κ3) is 4.44. The van der Waals surface area contributed by atoms with Crippen molar-refractivity contribution in [1.82, 2.24) is 15.3 Å². The zero-order chi connectivity index (χ0) is 22.9. The highest BCUT2D eigenvalue weighted by molar-refractivity contribution is 7.80. The minimum atomic E-state index is 0.442. The van der Waals surface area contributed by atoms with Crippen LogP contribution in [0, 0.1) is 0 Å². The van der Waals surface area contributed by atoms with E-state index >= 15 is 0 Å². The van der Waals surface area contributed by atoms with E-state index in [0.717, 1.165) is 37.8 Å². The van der Waals surface area contributed by atoms with Crippen molar-refractivity contribution in [2.24, 2.45) is 0 Å². The van der Waals surface area contributed by atoms with Crippen LogP contribution < -0.4 is 20.4 Å². The predicted molar refractivity (Wildman–Crippen MR) is 141 cm³/mol. The van der Waals surface area contributed by atoms with Gasteiger partial charge in [0.05, 0.1) is 0 Å². The van der Waals surface area contributed by atoms with E-state index in [9.17, 15) is 0 Å². The lowest BCUT2D eigenvalue weighted by molar-refractivity contribution is 0.414. The van der Waals surface area contributed by atoms with Crippen LogP contribution in [0.4, 0.5) is 17.6 Å². The fraction of sp³-hybridized carbons (Fsp3) is 0.370. The molecular weight excluding hydrogens is 440 g/mol. The summed E-state index contributed by atoms with van der Waals surface area (Å²) in [6.45, 7) is 3.43. The van der Waals surface area contributed by atoms with Gasteiger partial charge in [0.2, 0.25) is 5.95 Å². The fourth-order valence-corrected chi connectivity index (χ4v) is 5.62. The number of anilines is 3. The van der Waals surface area contributed by atoms with Crippen molar-refractivity contribution in [3.05, 3.63) is 76.9 Å². The Balaban J connectivity index is 1.26. The van der Waals surface area contributed by atoms with E-state index in [1.807, 2.05) is 0 Å². The smallest absolute Gasteiger partial charge is 0.232 e. The number of rotatable bonds is 4. The minimum absolute atomic E-state index is 0.442. The van der Waals surface area contributed by atoms with Gasteiger partial charge in [-0.15, -0.1) is 0 Å². The van der Waals surface area contributed by atoms with Gasteiger partial charge in [0.15, 0.2) is 5.11 Å². The van der Waals surface area contributed by atoms with Crippen molar-refractivity contribution >= 4 is 34.9 Å². The van der Waals surface area contributed by atoms with Crippen molar-refractivity contribution < 1.29 is 0 Å². The zero-order valence-electron chi connectivity index (χ0n) is 19.3. The van der Waals surface area contributed by atoms with Gasteiger partial charge in [-0.3, -0.25) is 0 Å². The predicted octanol–water partition coefficient (Wildman–Crippen LogP) is 5.14. The Bertz CT molecular complexity index is 1080. The van der Waals surface area contributed by atoms with Crippen LogP contribution in [0.25, 0.3) is 0 Å². The molecule has 0 spiro atoms. The highest BCUT2D eigenvalue weighted by Gasteiger charge is 2.25. The van der Waals surface area contributed by atoms with Gasteiger partial charge in [-0.1, -0.05) is 67.8 Å². The standard InChI is InChI=1S/C27H30N6S/c34-27(28-23-12-2-1-3-13-23)31-26-29-24(32-15-19-8-4-5-9-20(19)16-32)14-25(30-26)33-17-21-10-6-7-11-22(21)18-33/h4-11,14,23H,1-3,12-13,15-18H2,(H2,28,29,30,31,34). The van der Waals surface area contributed by atoms with Crippen LogP contribution >= 0.6 is 12.2 Å². The summed E-state index contributed by atoms with van der Waals surface area (Å²) in [5, 5.41) is 7.41. The monoisotopic (exact) mass is 470 g/mol. The van der Waals surface area contributed by atoms with E-state index in [0.29, 0.717) is 17.1 Å². The zero-order valence-corrected chi connectivity index (χ0v) is 20.2. The summed E-state index contributed by atoms with van der Waals surface area (Å²) in [5.41, 5.74) is 5.45. The molecule has 2 aromatic carbocycles. The molecule has 0 atom stereocenters. The van der Waals surface area contributed by atoms with Crippen molar-refractivity contribution in [2.45, 2.75) is 64.3 Å². The topological polar surface area (TPSA) is 56.3 Å². The summed E-state index contributed by atoms with van der Waals surface area (Å²) in [5.74, 6) is 2.42. The van der Waals surface area contributed by atoms with Gasteiger partial charge in [0.25, 0.3) is 0 Å². The summed E-state index contributed by atoms with van der Waals surface area (Å²) < 4.78 is 0. The third-order valence-electron chi connectivity index (χ3n) is 7.19. The van der Waals surface area contributed by atoms with Crippen LogP contribution in [0.15, 0.2) is 54.6 Å². The van der Waals surface area contributed by atoms with Gasteiger partial charge in [0, 0.05) is 38.3 Å². The summed E-state index contributed by atoms with van der Waals surface area (Å²) in [7, 11) is 0. The van der Waals surface area contributed by atoms with E-state index in [2.05, 4.69) is 75.0 Å². The highest BCUT2D eigenvalue weighted by atomic mass is 32.1. The van der Waals surface area contributed by atoms with Gasteiger partial charge < -0.3 is 20.4 Å². The molecule has 6 rings (SSSR count). The molecule has 2 N–H and O–H groups in total. The maximum absolute atomic E-state index is 5.66. The quantitative estimate of drug-likeness (QED) is 0.512. The molecule has 34 heavy (non-hydrogen) atoms. The van der Waals surface area contributed by atoms with Gasteiger partial charge in [0.1, 0.15) is 11.6 Å². The van der Waals surface area contributed by atoms with Crippen LogP contribution in [0.3, 0.4) is 0 Å². The van der Waals surface area contributed by atoms with Crippen LogP contribution in [0.5, 0.6) is 0 Å². The number of nitrogens with one attached hydrogen (secondary N) is 2. The van der Waals surface area contributed by atoms with Crippen LogP contribution in [-0.4, -0.2) is 21.1 Å². The van der Waals surface area contributed by atoms with E-state index in [4.69, 9.17) is 22.2 Å². The van der Waals surface area contributed by atoms with Crippen LogP contribution in [-0.2, 0) is 26.2 Å². The second kappa shape index (κ2) is 9.22. The van der Waals surface area contributed by atoms with E-state index < -0.39 is 0 Å². The summed E-state index contributed by atoms with van der Waals surface area (Å²) in [4.78, 5) is 14.4. The molecule has 0 saturated heterocycles. The first-order chi connectivity index (χ1) is 16.7. The molecule has 174 valence electrons. The molecule has 0 radical (unpaired) electrons. The molecule has 1 aromatic heterocycles. The molecule has 1 aliphatic carbocycles. The number of fused-ring (bicyclic) bond motifs is 2. The summed E-state index contributed by atoms with van der Waals surface area (Å²) in [6.07, 6.45) is 6.20. The lowest BCUT2D eigenvalue weighted by atomic mass is 9.96. The largest absolute Gasteiger partial charge is 0.360 e. The van der Waals surface area contributed by atoms with Crippen molar-refractivity contribution in [3.63, 3.8) is 0 Å².